The van der Waals surface area contributed by atoms with Crippen molar-refractivity contribution in [3.05, 3.63) is 54.1 Å². The van der Waals surface area contributed by atoms with Crippen molar-refractivity contribution in [3.8, 4) is 5.75 Å². The van der Waals surface area contributed by atoms with E-state index in [1.807, 2.05) is 6.92 Å². The maximum absolute atomic E-state index is 13.2. The average Bonchev–Trinajstić information content (AvgIpc) is 2.70. The number of carbonyl (C=O) groups is 1. The number of nitrogens with one attached hydrogen (secondary N) is 1. The summed E-state index contributed by atoms with van der Waals surface area (Å²) in [6, 6.07) is 13.1. The molecule has 0 aliphatic rings. The van der Waals surface area contributed by atoms with E-state index >= 15 is 0 Å². The number of benzene rings is 2. The zero-order valence-electron chi connectivity index (χ0n) is 16.3. The molecule has 28 heavy (non-hydrogen) atoms. The van der Waals surface area contributed by atoms with Crippen LogP contribution in [0.2, 0.25) is 0 Å². The molecule has 0 fully saturated rings. The summed E-state index contributed by atoms with van der Waals surface area (Å²) in [5.41, 5.74) is 1.33. The van der Waals surface area contributed by atoms with Crippen LogP contribution in [0.1, 0.15) is 12.0 Å². The number of ether oxygens (including phenoxy) is 2. The number of anilines is 1. The monoisotopic (exact) mass is 406 g/mol. The Morgan fingerprint density at radius 3 is 2.25 bits per heavy atom. The Balaban J connectivity index is 2.29. The van der Waals surface area contributed by atoms with Crippen LogP contribution in [0, 0.1) is 6.92 Å². The van der Waals surface area contributed by atoms with E-state index in [2.05, 4.69) is 5.32 Å². The molecule has 1 amide bonds. The molecule has 0 saturated carbocycles. The van der Waals surface area contributed by atoms with Gasteiger partial charge in [-0.15, -0.1) is 0 Å². The van der Waals surface area contributed by atoms with Gasteiger partial charge in [-0.2, -0.15) is 0 Å². The molecule has 0 saturated heterocycles. The number of carbonyl (C=O) groups excluding carboxylic acids is 1. The van der Waals surface area contributed by atoms with Crippen LogP contribution < -0.4 is 14.4 Å². The summed E-state index contributed by atoms with van der Waals surface area (Å²) in [5, 5.41) is 2.72. The van der Waals surface area contributed by atoms with Gasteiger partial charge in [-0.25, -0.2) is 8.42 Å². The Kier molecular flexibility index (Phi) is 7.83. The maximum Gasteiger partial charge on any atom is 0.264 e. The van der Waals surface area contributed by atoms with Gasteiger partial charge in [0, 0.05) is 20.3 Å². The highest BCUT2D eigenvalue weighted by atomic mass is 32.2. The van der Waals surface area contributed by atoms with Gasteiger partial charge < -0.3 is 14.8 Å². The van der Waals surface area contributed by atoms with E-state index in [9.17, 15) is 13.2 Å². The normalized spacial score (nSPS) is 11.1. The highest BCUT2D eigenvalue weighted by molar-refractivity contribution is 7.92. The van der Waals surface area contributed by atoms with Crippen molar-refractivity contribution in [2.24, 2.45) is 0 Å². The first-order valence-corrected chi connectivity index (χ1v) is 10.3. The number of methoxy groups -OCH3 is 2. The van der Waals surface area contributed by atoms with Crippen molar-refractivity contribution in [1.82, 2.24) is 5.32 Å². The fraction of sp³-hybridized carbons (Fsp3) is 0.350. The second-order valence-corrected chi connectivity index (χ2v) is 8.08. The minimum atomic E-state index is -3.91. The maximum atomic E-state index is 13.2. The Morgan fingerprint density at radius 2 is 1.68 bits per heavy atom. The van der Waals surface area contributed by atoms with E-state index in [1.54, 1.807) is 43.5 Å². The number of sulfonamides is 1. The van der Waals surface area contributed by atoms with Gasteiger partial charge in [-0.3, -0.25) is 9.10 Å². The fourth-order valence-electron chi connectivity index (χ4n) is 2.53. The van der Waals surface area contributed by atoms with Gasteiger partial charge >= 0.3 is 0 Å². The molecule has 7 nitrogen and oxygen atoms in total. The van der Waals surface area contributed by atoms with Crippen LogP contribution in [0.4, 0.5) is 5.69 Å². The predicted octanol–water partition coefficient (Wildman–Crippen LogP) is 2.35. The average molecular weight is 407 g/mol. The van der Waals surface area contributed by atoms with E-state index in [1.165, 1.54) is 19.2 Å². The number of hydrogen-bond donors (Lipinski definition) is 1. The number of amides is 1. The lowest BCUT2D eigenvalue weighted by molar-refractivity contribution is -0.119. The van der Waals surface area contributed by atoms with Gasteiger partial charge in [-0.05, 0) is 49.7 Å². The molecule has 0 radical (unpaired) electrons. The summed E-state index contributed by atoms with van der Waals surface area (Å²) >= 11 is 0. The van der Waals surface area contributed by atoms with Gasteiger partial charge in [0.1, 0.15) is 12.3 Å². The zero-order chi connectivity index (χ0) is 20.6. The van der Waals surface area contributed by atoms with Gasteiger partial charge in [-0.1, -0.05) is 17.7 Å². The minimum Gasteiger partial charge on any atom is -0.497 e. The zero-order valence-corrected chi connectivity index (χ0v) is 17.2. The summed E-state index contributed by atoms with van der Waals surface area (Å²) in [7, 11) is -0.798. The number of rotatable bonds is 10. The van der Waals surface area contributed by atoms with Crippen LogP contribution in [0.3, 0.4) is 0 Å². The Morgan fingerprint density at radius 1 is 1.04 bits per heavy atom. The molecule has 0 aliphatic heterocycles. The van der Waals surface area contributed by atoms with Crippen LogP contribution in [0.25, 0.3) is 0 Å². The van der Waals surface area contributed by atoms with Crippen LogP contribution in [-0.4, -0.2) is 48.2 Å². The first kappa shape index (κ1) is 21.7. The second kappa shape index (κ2) is 10.1. The van der Waals surface area contributed by atoms with Gasteiger partial charge in [0.05, 0.1) is 17.7 Å². The molecule has 0 unspecified atom stereocenters. The van der Waals surface area contributed by atoms with E-state index in [4.69, 9.17) is 9.47 Å². The van der Waals surface area contributed by atoms with E-state index in [0.29, 0.717) is 31.0 Å². The summed E-state index contributed by atoms with van der Waals surface area (Å²) in [4.78, 5) is 12.5. The number of hydrogen-bond acceptors (Lipinski definition) is 5. The third kappa shape index (κ3) is 5.71. The quantitative estimate of drug-likeness (QED) is 0.612. The fourth-order valence-corrected chi connectivity index (χ4v) is 3.95. The second-order valence-electron chi connectivity index (χ2n) is 6.22. The van der Waals surface area contributed by atoms with E-state index in [0.717, 1.165) is 9.87 Å². The van der Waals surface area contributed by atoms with Crippen molar-refractivity contribution in [2.75, 3.05) is 38.2 Å². The molecule has 0 bridgehead atoms. The van der Waals surface area contributed by atoms with E-state index in [-0.39, 0.29) is 17.3 Å². The molecule has 8 heteroatoms. The van der Waals surface area contributed by atoms with Crippen LogP contribution in [0.15, 0.2) is 53.4 Å². The number of nitrogens with zero attached hydrogens (tertiary/aromatic N) is 1. The molecule has 152 valence electrons. The van der Waals surface area contributed by atoms with Crippen molar-refractivity contribution >= 4 is 21.6 Å². The topological polar surface area (TPSA) is 84.9 Å². The lowest BCUT2D eigenvalue weighted by Crippen LogP contribution is -2.41. The van der Waals surface area contributed by atoms with E-state index < -0.39 is 10.0 Å². The van der Waals surface area contributed by atoms with Crippen molar-refractivity contribution in [3.63, 3.8) is 0 Å². The first-order valence-electron chi connectivity index (χ1n) is 8.87. The molecule has 0 spiro atoms. The van der Waals surface area contributed by atoms with Crippen molar-refractivity contribution < 1.29 is 22.7 Å². The van der Waals surface area contributed by atoms with Crippen LogP contribution >= 0.6 is 0 Å². The summed E-state index contributed by atoms with van der Waals surface area (Å²) in [6.07, 6.45) is 0.648. The van der Waals surface area contributed by atoms with Gasteiger partial charge in [0.25, 0.3) is 10.0 Å². The SMILES string of the molecule is COCCCNC(=O)CN(c1ccc(OC)cc1)S(=O)(=O)c1ccc(C)cc1. The largest absolute Gasteiger partial charge is 0.497 e. The van der Waals surface area contributed by atoms with Crippen molar-refractivity contribution in [1.29, 1.82) is 0 Å². The molecule has 0 heterocycles. The number of aryl methyl sites for hydroxylation is 1. The molecule has 1 N–H and O–H groups in total. The molecular weight excluding hydrogens is 380 g/mol. The molecule has 0 aliphatic carbocycles. The Hall–Kier alpha value is -2.58. The molecule has 0 aromatic heterocycles. The smallest absolute Gasteiger partial charge is 0.264 e. The highest BCUT2D eigenvalue weighted by Crippen LogP contribution is 2.25. The first-order chi connectivity index (χ1) is 13.4. The standard InChI is InChI=1S/C20H26N2O5S/c1-16-5-11-19(12-6-16)28(24,25)22(15-20(23)21-13-4-14-26-2)17-7-9-18(27-3)10-8-17/h5-12H,4,13-15H2,1-3H3,(H,21,23). The third-order valence-electron chi connectivity index (χ3n) is 4.10. The molecular formula is C20H26N2O5S. The third-order valence-corrected chi connectivity index (χ3v) is 5.89. The summed E-state index contributed by atoms with van der Waals surface area (Å²) < 4.78 is 37.6. The van der Waals surface area contributed by atoms with Gasteiger partial charge in [0.15, 0.2) is 0 Å². The minimum absolute atomic E-state index is 0.126. The lowest BCUT2D eigenvalue weighted by Gasteiger charge is -2.24. The molecule has 0 atom stereocenters. The summed E-state index contributed by atoms with van der Waals surface area (Å²) in [6.45, 7) is 2.48. The van der Waals surface area contributed by atoms with Crippen LogP contribution in [0.5, 0.6) is 5.75 Å². The molecule has 2 aromatic carbocycles. The van der Waals surface area contributed by atoms with Gasteiger partial charge in [0.2, 0.25) is 5.91 Å². The summed E-state index contributed by atoms with van der Waals surface area (Å²) in [5.74, 6) is 0.211. The predicted molar refractivity (Wildman–Crippen MR) is 108 cm³/mol. The van der Waals surface area contributed by atoms with Crippen molar-refractivity contribution in [2.45, 2.75) is 18.2 Å². The van der Waals surface area contributed by atoms with Crippen LogP contribution in [-0.2, 0) is 19.6 Å². The highest BCUT2D eigenvalue weighted by Gasteiger charge is 2.27. The molecule has 2 aromatic rings. The molecule has 2 rings (SSSR count). The Bertz CT molecular complexity index is 864. The Labute approximate surface area is 166 Å². The lowest BCUT2D eigenvalue weighted by atomic mass is 10.2.